The third kappa shape index (κ3) is 5.42. The van der Waals surface area contributed by atoms with Crippen LogP contribution in [0.25, 0.3) is 0 Å². The maximum absolute atomic E-state index is 12.7. The summed E-state index contributed by atoms with van der Waals surface area (Å²) >= 11 is 0. The van der Waals surface area contributed by atoms with Gasteiger partial charge in [0.05, 0.1) is 31.9 Å². The molecule has 0 aliphatic carbocycles. The minimum absolute atomic E-state index is 0.0972. The molecule has 7 heteroatoms. The molecule has 1 atom stereocenters. The van der Waals surface area contributed by atoms with Gasteiger partial charge in [-0.15, -0.1) is 0 Å². The zero-order valence-corrected chi connectivity index (χ0v) is 18.6. The van der Waals surface area contributed by atoms with Gasteiger partial charge in [-0.2, -0.15) is 0 Å². The van der Waals surface area contributed by atoms with E-state index in [1.54, 1.807) is 25.3 Å². The molecule has 0 N–H and O–H groups in total. The van der Waals surface area contributed by atoms with E-state index in [0.29, 0.717) is 35.8 Å². The van der Waals surface area contributed by atoms with Crippen molar-refractivity contribution >= 4 is 11.8 Å². The summed E-state index contributed by atoms with van der Waals surface area (Å²) in [4.78, 5) is 25.1. The summed E-state index contributed by atoms with van der Waals surface area (Å²) in [6.07, 6.45) is 0.861. The third-order valence-electron chi connectivity index (χ3n) is 4.83. The average molecular weight is 418 g/mol. The highest BCUT2D eigenvalue weighted by molar-refractivity contribution is 6.00. The van der Waals surface area contributed by atoms with Gasteiger partial charge in [-0.25, -0.2) is 4.79 Å². The summed E-state index contributed by atoms with van der Waals surface area (Å²) in [5.41, 5.74) is 2.63. The second-order valence-corrected chi connectivity index (χ2v) is 7.17. The van der Waals surface area contributed by atoms with Crippen LogP contribution in [0.15, 0.2) is 24.3 Å². The molecule has 1 aromatic carbocycles. The Morgan fingerprint density at radius 1 is 1.10 bits per heavy atom. The summed E-state index contributed by atoms with van der Waals surface area (Å²) in [5.74, 6) is 0.164. The molecule has 0 aliphatic rings. The number of rotatable bonds is 11. The van der Waals surface area contributed by atoms with E-state index < -0.39 is 5.97 Å². The third-order valence-corrected chi connectivity index (χ3v) is 4.83. The fourth-order valence-electron chi connectivity index (χ4n) is 3.47. The Morgan fingerprint density at radius 2 is 1.83 bits per heavy atom. The summed E-state index contributed by atoms with van der Waals surface area (Å²) in [7, 11) is 3.15. The molecule has 0 saturated heterocycles. The quantitative estimate of drug-likeness (QED) is 0.404. The predicted octanol–water partition coefficient (Wildman–Crippen LogP) is 4.15. The lowest BCUT2D eigenvalue weighted by Gasteiger charge is -2.17. The molecular formula is C23H31NO6. The van der Waals surface area contributed by atoms with Gasteiger partial charge in [-0.3, -0.25) is 4.79 Å². The molecule has 2 rings (SSSR count). The minimum Gasteiger partial charge on any atom is -0.493 e. The predicted molar refractivity (Wildman–Crippen MR) is 114 cm³/mol. The van der Waals surface area contributed by atoms with E-state index in [2.05, 4.69) is 4.57 Å². The van der Waals surface area contributed by atoms with Crippen LogP contribution in [0.3, 0.4) is 0 Å². The number of Topliss-reactive ketones (excluding diaryl/α,β-unsaturated/α-hetero) is 1. The Balaban J connectivity index is 2.08. The van der Waals surface area contributed by atoms with Crippen molar-refractivity contribution in [1.29, 1.82) is 0 Å². The fraction of sp³-hybridized carbons (Fsp3) is 0.478. The van der Waals surface area contributed by atoms with Gasteiger partial charge in [0, 0.05) is 24.1 Å². The van der Waals surface area contributed by atoms with Crippen LogP contribution in [0, 0.1) is 13.8 Å². The molecule has 0 aliphatic heterocycles. The van der Waals surface area contributed by atoms with Gasteiger partial charge < -0.3 is 23.5 Å². The molecule has 0 saturated carbocycles. The SMILES string of the molecule is CCCOc1ccc(C(=O)OCC(=O)c2cc(C)n(C(C)COC)c2C)cc1OC. The lowest BCUT2D eigenvalue weighted by Crippen LogP contribution is -2.17. The number of esters is 1. The Kier molecular flexibility index (Phi) is 8.47. The molecule has 1 aromatic heterocycles. The van der Waals surface area contributed by atoms with Crippen LogP contribution >= 0.6 is 0 Å². The van der Waals surface area contributed by atoms with Crippen molar-refractivity contribution in [2.45, 2.75) is 40.2 Å². The van der Waals surface area contributed by atoms with Gasteiger partial charge in [0.25, 0.3) is 0 Å². The Bertz CT molecular complexity index is 886. The van der Waals surface area contributed by atoms with Crippen LogP contribution in [0.2, 0.25) is 0 Å². The molecular weight excluding hydrogens is 386 g/mol. The van der Waals surface area contributed by atoms with E-state index in [1.165, 1.54) is 7.11 Å². The van der Waals surface area contributed by atoms with E-state index in [4.69, 9.17) is 18.9 Å². The van der Waals surface area contributed by atoms with Crippen LogP contribution in [0.1, 0.15) is 58.4 Å². The largest absolute Gasteiger partial charge is 0.493 e. The summed E-state index contributed by atoms with van der Waals surface area (Å²) in [6, 6.07) is 6.73. The summed E-state index contributed by atoms with van der Waals surface area (Å²) < 4.78 is 23.4. The Hall–Kier alpha value is -2.80. The highest BCUT2D eigenvalue weighted by Gasteiger charge is 2.20. The number of benzene rings is 1. The number of aromatic nitrogens is 1. The molecule has 7 nitrogen and oxygen atoms in total. The van der Waals surface area contributed by atoms with Gasteiger partial charge in [0.1, 0.15) is 0 Å². The molecule has 0 radical (unpaired) electrons. The van der Waals surface area contributed by atoms with Crippen LogP contribution < -0.4 is 9.47 Å². The highest BCUT2D eigenvalue weighted by atomic mass is 16.5. The maximum Gasteiger partial charge on any atom is 0.338 e. The van der Waals surface area contributed by atoms with Crippen LogP contribution in [0.5, 0.6) is 11.5 Å². The van der Waals surface area contributed by atoms with E-state index in [9.17, 15) is 9.59 Å². The maximum atomic E-state index is 12.7. The summed E-state index contributed by atoms with van der Waals surface area (Å²) in [6.45, 7) is 8.61. The normalized spacial score (nSPS) is 11.8. The molecule has 0 amide bonds. The van der Waals surface area contributed by atoms with Crippen LogP contribution in [-0.4, -0.2) is 50.4 Å². The van der Waals surface area contributed by atoms with Crippen molar-refractivity contribution in [2.24, 2.45) is 0 Å². The van der Waals surface area contributed by atoms with Crippen molar-refractivity contribution < 1.29 is 28.5 Å². The lowest BCUT2D eigenvalue weighted by molar-refractivity contribution is 0.0474. The monoisotopic (exact) mass is 417 g/mol. The van der Waals surface area contributed by atoms with E-state index in [-0.39, 0.29) is 18.4 Å². The van der Waals surface area contributed by atoms with E-state index in [1.807, 2.05) is 33.8 Å². The second-order valence-electron chi connectivity index (χ2n) is 7.17. The van der Waals surface area contributed by atoms with E-state index >= 15 is 0 Å². The van der Waals surface area contributed by atoms with Crippen molar-refractivity contribution in [1.82, 2.24) is 4.57 Å². The number of ketones is 1. The molecule has 30 heavy (non-hydrogen) atoms. The smallest absolute Gasteiger partial charge is 0.338 e. The molecule has 2 aromatic rings. The number of carbonyl (C=O) groups is 2. The van der Waals surface area contributed by atoms with Gasteiger partial charge in [-0.1, -0.05) is 6.92 Å². The topological polar surface area (TPSA) is 76.0 Å². The molecule has 1 unspecified atom stereocenters. The van der Waals surface area contributed by atoms with Gasteiger partial charge in [-0.05, 0) is 51.5 Å². The van der Waals surface area contributed by atoms with E-state index in [0.717, 1.165) is 17.8 Å². The first kappa shape index (κ1) is 23.5. The molecule has 0 fully saturated rings. The first-order chi connectivity index (χ1) is 14.3. The number of carbonyl (C=O) groups excluding carboxylic acids is 2. The van der Waals surface area contributed by atoms with Crippen molar-refractivity contribution in [3.05, 3.63) is 46.8 Å². The number of methoxy groups -OCH3 is 2. The number of ether oxygens (including phenoxy) is 4. The number of hydrogen-bond acceptors (Lipinski definition) is 6. The number of aryl methyl sites for hydroxylation is 1. The fourth-order valence-corrected chi connectivity index (χ4v) is 3.47. The molecule has 0 bridgehead atoms. The highest BCUT2D eigenvalue weighted by Crippen LogP contribution is 2.28. The zero-order chi connectivity index (χ0) is 22.3. The minimum atomic E-state index is -0.592. The standard InChI is InChI=1S/C23H31NO6/c1-7-10-29-21-9-8-18(12-22(21)28-6)23(26)30-14-20(25)19-11-15(2)24(17(19)4)16(3)13-27-5/h8-9,11-12,16H,7,10,13-14H2,1-6H3. The average Bonchev–Trinajstić information content (AvgIpc) is 3.04. The van der Waals surface area contributed by atoms with Gasteiger partial charge >= 0.3 is 5.97 Å². The summed E-state index contributed by atoms with van der Waals surface area (Å²) in [5, 5.41) is 0. The molecule has 1 heterocycles. The number of hydrogen-bond donors (Lipinski definition) is 0. The number of nitrogens with zero attached hydrogens (tertiary/aromatic N) is 1. The molecule has 164 valence electrons. The second kappa shape index (κ2) is 10.8. The first-order valence-electron chi connectivity index (χ1n) is 10.0. The Morgan fingerprint density at radius 3 is 2.47 bits per heavy atom. The van der Waals surface area contributed by atoms with Crippen LogP contribution in [0.4, 0.5) is 0 Å². The molecule has 0 spiro atoms. The lowest BCUT2D eigenvalue weighted by atomic mass is 10.1. The zero-order valence-electron chi connectivity index (χ0n) is 18.6. The van der Waals surface area contributed by atoms with Crippen LogP contribution in [-0.2, 0) is 9.47 Å². The van der Waals surface area contributed by atoms with Crippen molar-refractivity contribution in [3.8, 4) is 11.5 Å². The van der Waals surface area contributed by atoms with Gasteiger partial charge in [0.15, 0.2) is 18.1 Å². The first-order valence-corrected chi connectivity index (χ1v) is 10.0. The Labute approximate surface area is 177 Å². The van der Waals surface area contributed by atoms with Gasteiger partial charge in [0.2, 0.25) is 5.78 Å². The van der Waals surface area contributed by atoms with Crippen molar-refractivity contribution in [3.63, 3.8) is 0 Å². The van der Waals surface area contributed by atoms with Crippen molar-refractivity contribution in [2.75, 3.05) is 34.0 Å².